The van der Waals surface area contributed by atoms with Crippen molar-refractivity contribution in [2.75, 3.05) is 18.8 Å². The molecule has 1 aromatic rings. The maximum absolute atomic E-state index is 6.51. The Kier molecular flexibility index (Phi) is 11.9. The number of thioether (sulfide) groups is 1. The minimum atomic E-state index is 0.422. The molecule has 27 heavy (non-hydrogen) atoms. The van der Waals surface area contributed by atoms with E-state index < -0.39 is 0 Å². The molecule has 0 N–H and O–H groups in total. The minimum Gasteiger partial charge on any atom is -0.371 e. The Bertz CT molecular complexity index is 613. The van der Waals surface area contributed by atoms with Crippen molar-refractivity contribution in [1.29, 1.82) is 0 Å². The second kappa shape index (κ2) is 13.3. The Balaban J connectivity index is 3.55. The van der Waals surface area contributed by atoms with E-state index in [0.717, 1.165) is 29.4 Å². The highest BCUT2D eigenvalue weighted by atomic mass is 35.5. The van der Waals surface area contributed by atoms with Gasteiger partial charge in [0.15, 0.2) is 0 Å². The lowest BCUT2D eigenvalue weighted by Gasteiger charge is -2.31. The Morgan fingerprint density at radius 1 is 1.15 bits per heavy atom. The average Bonchev–Trinajstić information content (AvgIpc) is 2.65. The van der Waals surface area contributed by atoms with Crippen molar-refractivity contribution in [2.24, 2.45) is 0 Å². The highest BCUT2D eigenvalue weighted by molar-refractivity contribution is 8.00. The molecule has 152 valence electrons. The van der Waals surface area contributed by atoms with Crippen LogP contribution in [0, 0.1) is 6.92 Å². The Morgan fingerprint density at radius 3 is 2.26 bits per heavy atom. The molecule has 1 nitrogen and oxygen atoms in total. The fourth-order valence-electron chi connectivity index (χ4n) is 3.26. The number of aryl methyl sites for hydroxylation is 1. The summed E-state index contributed by atoms with van der Waals surface area (Å²) in [7, 11) is 0. The molecule has 0 aliphatic rings. The molecule has 0 bridgehead atoms. The summed E-state index contributed by atoms with van der Waals surface area (Å²) in [5, 5.41) is 1.28. The van der Waals surface area contributed by atoms with Crippen LogP contribution in [-0.4, -0.2) is 29.0 Å². The fraction of sp³-hybridized carbons (Fsp3) is 0.583. The van der Waals surface area contributed by atoms with Crippen molar-refractivity contribution in [1.82, 2.24) is 4.90 Å². The first-order chi connectivity index (χ1) is 13.0. The van der Waals surface area contributed by atoms with Crippen LogP contribution >= 0.6 is 23.4 Å². The van der Waals surface area contributed by atoms with Crippen LogP contribution in [0.5, 0.6) is 0 Å². The minimum absolute atomic E-state index is 0.422. The molecule has 1 unspecified atom stereocenters. The van der Waals surface area contributed by atoms with Gasteiger partial charge in [0.1, 0.15) is 0 Å². The van der Waals surface area contributed by atoms with E-state index in [4.69, 9.17) is 11.6 Å². The maximum atomic E-state index is 6.51. The van der Waals surface area contributed by atoms with E-state index in [9.17, 15) is 0 Å². The number of hydrogen-bond donors (Lipinski definition) is 0. The highest BCUT2D eigenvalue weighted by Gasteiger charge is 2.20. The molecule has 0 fully saturated rings. The molecule has 1 rings (SSSR count). The largest absolute Gasteiger partial charge is 0.371 e. The number of allylic oxidation sites excluding steroid dienone is 2. The monoisotopic (exact) mass is 407 g/mol. The first-order valence-electron chi connectivity index (χ1n) is 10.5. The van der Waals surface area contributed by atoms with Crippen LogP contribution in [0.3, 0.4) is 0 Å². The van der Waals surface area contributed by atoms with Crippen LogP contribution in [0.15, 0.2) is 36.0 Å². The predicted octanol–water partition coefficient (Wildman–Crippen LogP) is 7.98. The lowest BCUT2D eigenvalue weighted by molar-refractivity contribution is 0.341. The van der Waals surface area contributed by atoms with Crippen molar-refractivity contribution in [3.8, 4) is 0 Å². The summed E-state index contributed by atoms with van der Waals surface area (Å²) in [6, 6.07) is 6.54. The number of rotatable bonds is 12. The molecule has 0 aliphatic carbocycles. The van der Waals surface area contributed by atoms with E-state index in [1.165, 1.54) is 42.5 Å². The number of hydrogen-bond acceptors (Lipinski definition) is 2. The molecule has 0 saturated heterocycles. The van der Waals surface area contributed by atoms with E-state index in [1.807, 2.05) is 11.8 Å². The van der Waals surface area contributed by atoms with Gasteiger partial charge in [0.2, 0.25) is 0 Å². The van der Waals surface area contributed by atoms with Gasteiger partial charge in [0.05, 0.1) is 0 Å². The average molecular weight is 408 g/mol. The van der Waals surface area contributed by atoms with Gasteiger partial charge < -0.3 is 4.90 Å². The Morgan fingerprint density at radius 2 is 1.78 bits per heavy atom. The third-order valence-corrected chi connectivity index (χ3v) is 6.29. The van der Waals surface area contributed by atoms with Gasteiger partial charge in [-0.3, -0.25) is 0 Å². The number of benzene rings is 1. The van der Waals surface area contributed by atoms with Gasteiger partial charge in [-0.25, -0.2) is 0 Å². The van der Waals surface area contributed by atoms with E-state index >= 15 is 0 Å². The number of unbranched alkanes of at least 4 members (excludes halogenated alkanes) is 2. The first kappa shape index (κ1) is 24.2. The highest BCUT2D eigenvalue weighted by Crippen LogP contribution is 2.34. The summed E-state index contributed by atoms with van der Waals surface area (Å²) in [6.45, 7) is 15.5. The normalized spacial score (nSPS) is 13.7. The summed E-state index contributed by atoms with van der Waals surface area (Å²) in [4.78, 5) is 2.60. The van der Waals surface area contributed by atoms with Crippen molar-refractivity contribution in [3.05, 3.63) is 52.2 Å². The number of halogens is 1. The Hall–Kier alpha value is -0.860. The molecule has 0 amide bonds. The van der Waals surface area contributed by atoms with Gasteiger partial charge in [-0.1, -0.05) is 63.4 Å². The molecule has 1 aromatic carbocycles. The smallest absolute Gasteiger partial charge is 0.0441 e. The summed E-state index contributed by atoms with van der Waals surface area (Å²) < 4.78 is 0. The van der Waals surface area contributed by atoms with Crippen LogP contribution in [-0.2, 0) is 0 Å². The van der Waals surface area contributed by atoms with Gasteiger partial charge in [-0.2, -0.15) is 11.8 Å². The van der Waals surface area contributed by atoms with E-state index in [1.54, 1.807) is 0 Å². The molecule has 0 aromatic heterocycles. The van der Waals surface area contributed by atoms with E-state index in [0.29, 0.717) is 5.25 Å². The lowest BCUT2D eigenvalue weighted by Crippen LogP contribution is -2.27. The standard InChI is InChI=1S/C24H38ClNS/c1-7-11-16-26(17-12-8-2)23(13-9-3)24(20(6)27-10-4)21-15-14-19(5)22(25)18-21/h9,13-15,18,20H,7-8,10-12,16-17H2,1-6H3/b13-9-,24-23-. The fourth-order valence-corrected chi connectivity index (χ4v) is 4.36. The van der Waals surface area contributed by atoms with Crippen molar-refractivity contribution in [2.45, 2.75) is 72.5 Å². The second-order valence-electron chi connectivity index (χ2n) is 7.05. The third kappa shape index (κ3) is 7.58. The predicted molar refractivity (Wildman–Crippen MR) is 127 cm³/mol. The van der Waals surface area contributed by atoms with Gasteiger partial charge >= 0.3 is 0 Å². The molecular weight excluding hydrogens is 370 g/mol. The first-order valence-corrected chi connectivity index (χ1v) is 11.9. The molecule has 0 spiro atoms. The van der Waals surface area contributed by atoms with Crippen LogP contribution in [0.25, 0.3) is 5.57 Å². The second-order valence-corrected chi connectivity index (χ2v) is 9.08. The maximum Gasteiger partial charge on any atom is 0.0441 e. The van der Waals surface area contributed by atoms with Crippen molar-refractivity contribution >= 4 is 28.9 Å². The van der Waals surface area contributed by atoms with Crippen LogP contribution < -0.4 is 0 Å². The molecule has 0 radical (unpaired) electrons. The van der Waals surface area contributed by atoms with Crippen LogP contribution in [0.2, 0.25) is 5.02 Å². The summed E-state index contributed by atoms with van der Waals surface area (Å²) in [6.07, 6.45) is 9.37. The number of nitrogens with zero attached hydrogens (tertiary/aromatic N) is 1. The van der Waals surface area contributed by atoms with Crippen LogP contribution in [0.4, 0.5) is 0 Å². The van der Waals surface area contributed by atoms with Gasteiger partial charge in [0.25, 0.3) is 0 Å². The van der Waals surface area contributed by atoms with E-state index in [2.05, 4.69) is 76.8 Å². The van der Waals surface area contributed by atoms with Crippen molar-refractivity contribution in [3.63, 3.8) is 0 Å². The van der Waals surface area contributed by atoms with Gasteiger partial charge in [-0.15, -0.1) is 0 Å². The van der Waals surface area contributed by atoms with E-state index in [-0.39, 0.29) is 0 Å². The molecular formula is C24H38ClNS. The van der Waals surface area contributed by atoms with Crippen LogP contribution in [0.1, 0.15) is 71.4 Å². The molecule has 3 heteroatoms. The topological polar surface area (TPSA) is 3.24 Å². The molecule has 1 atom stereocenters. The lowest BCUT2D eigenvalue weighted by atomic mass is 9.98. The zero-order chi connectivity index (χ0) is 20.2. The molecule has 0 saturated carbocycles. The molecule has 0 aliphatic heterocycles. The zero-order valence-corrected chi connectivity index (χ0v) is 19.7. The van der Waals surface area contributed by atoms with Crippen molar-refractivity contribution < 1.29 is 0 Å². The zero-order valence-electron chi connectivity index (χ0n) is 18.1. The summed E-state index contributed by atoms with van der Waals surface area (Å²) >= 11 is 8.51. The van der Waals surface area contributed by atoms with Gasteiger partial charge in [-0.05, 0) is 68.2 Å². The molecule has 0 heterocycles. The van der Waals surface area contributed by atoms with Gasteiger partial charge in [0, 0.05) is 29.1 Å². The quantitative estimate of drug-likeness (QED) is 0.323. The third-order valence-electron chi connectivity index (χ3n) is 4.81. The summed E-state index contributed by atoms with van der Waals surface area (Å²) in [5.74, 6) is 1.11. The summed E-state index contributed by atoms with van der Waals surface area (Å²) in [5.41, 5.74) is 5.17. The Labute approximate surface area is 177 Å². The SMILES string of the molecule is C/C=C\C(=C(\c1ccc(C)c(Cl)c1)C(C)SCC)N(CCCC)CCCC.